The number of ether oxygens (including phenoxy) is 1. The van der Waals surface area contributed by atoms with Crippen molar-refractivity contribution < 1.29 is 9.53 Å². The molecule has 0 spiro atoms. The summed E-state index contributed by atoms with van der Waals surface area (Å²) < 4.78 is 4.96. The normalized spacial score (nSPS) is 10.4. The van der Waals surface area contributed by atoms with E-state index in [1.165, 1.54) is 7.11 Å². The van der Waals surface area contributed by atoms with E-state index < -0.39 is 0 Å². The fraction of sp³-hybridized carbons (Fsp3) is 0.105. The van der Waals surface area contributed by atoms with E-state index in [2.05, 4.69) is 15.5 Å². The third kappa shape index (κ3) is 3.57. The van der Waals surface area contributed by atoms with Crippen molar-refractivity contribution in [2.45, 2.75) is 6.04 Å². The van der Waals surface area contributed by atoms with E-state index in [0.29, 0.717) is 5.88 Å². The highest BCUT2D eigenvalue weighted by atomic mass is 16.5. The predicted molar refractivity (Wildman–Crippen MR) is 90.8 cm³/mol. The molecule has 1 heterocycles. The molecule has 0 fully saturated rings. The van der Waals surface area contributed by atoms with Gasteiger partial charge in [-0.25, -0.2) is 0 Å². The van der Waals surface area contributed by atoms with Crippen molar-refractivity contribution in [3.63, 3.8) is 0 Å². The van der Waals surface area contributed by atoms with Crippen molar-refractivity contribution in [2.75, 3.05) is 7.11 Å². The number of rotatable bonds is 5. The van der Waals surface area contributed by atoms with E-state index in [9.17, 15) is 4.79 Å². The van der Waals surface area contributed by atoms with Crippen molar-refractivity contribution >= 4 is 5.91 Å². The van der Waals surface area contributed by atoms with Gasteiger partial charge in [-0.3, -0.25) is 4.79 Å². The SMILES string of the molecule is COc1ccc(C(=O)NC(c2ccccc2)c2ccccc2)nn1. The van der Waals surface area contributed by atoms with Gasteiger partial charge in [0.2, 0.25) is 5.88 Å². The van der Waals surface area contributed by atoms with E-state index in [-0.39, 0.29) is 17.6 Å². The largest absolute Gasteiger partial charge is 0.480 e. The van der Waals surface area contributed by atoms with Gasteiger partial charge in [-0.05, 0) is 17.2 Å². The molecule has 3 rings (SSSR count). The van der Waals surface area contributed by atoms with Gasteiger partial charge in [-0.15, -0.1) is 10.2 Å². The van der Waals surface area contributed by atoms with Crippen LogP contribution in [0.5, 0.6) is 5.88 Å². The second-order valence-electron chi connectivity index (χ2n) is 5.19. The van der Waals surface area contributed by atoms with Gasteiger partial charge < -0.3 is 10.1 Å². The molecule has 0 aliphatic rings. The lowest BCUT2D eigenvalue weighted by atomic mass is 9.98. The molecule has 2 aromatic carbocycles. The van der Waals surface area contributed by atoms with Gasteiger partial charge in [-0.1, -0.05) is 60.7 Å². The molecule has 0 bridgehead atoms. The molecule has 0 atom stereocenters. The highest BCUT2D eigenvalue weighted by Gasteiger charge is 2.18. The van der Waals surface area contributed by atoms with Crippen molar-refractivity contribution in [3.8, 4) is 5.88 Å². The van der Waals surface area contributed by atoms with Crippen LogP contribution in [-0.4, -0.2) is 23.2 Å². The Kier molecular flexibility index (Phi) is 4.81. The van der Waals surface area contributed by atoms with Crippen molar-refractivity contribution in [1.29, 1.82) is 0 Å². The zero-order valence-corrected chi connectivity index (χ0v) is 13.2. The fourth-order valence-electron chi connectivity index (χ4n) is 2.41. The average molecular weight is 319 g/mol. The van der Waals surface area contributed by atoms with Crippen LogP contribution < -0.4 is 10.1 Å². The molecule has 24 heavy (non-hydrogen) atoms. The van der Waals surface area contributed by atoms with Crippen LogP contribution in [0, 0.1) is 0 Å². The van der Waals surface area contributed by atoms with Crippen LogP contribution in [0.4, 0.5) is 0 Å². The summed E-state index contributed by atoms with van der Waals surface area (Å²) in [7, 11) is 1.50. The Morgan fingerprint density at radius 2 is 1.46 bits per heavy atom. The summed E-state index contributed by atoms with van der Waals surface area (Å²) >= 11 is 0. The van der Waals surface area contributed by atoms with Crippen LogP contribution in [0.2, 0.25) is 0 Å². The number of nitrogens with one attached hydrogen (secondary N) is 1. The maximum atomic E-state index is 12.5. The van der Waals surface area contributed by atoms with Gasteiger partial charge >= 0.3 is 0 Å². The molecule has 3 aromatic rings. The maximum absolute atomic E-state index is 12.5. The first-order valence-electron chi connectivity index (χ1n) is 7.56. The molecule has 1 amide bonds. The van der Waals surface area contributed by atoms with Crippen molar-refractivity contribution in [2.24, 2.45) is 0 Å². The monoisotopic (exact) mass is 319 g/mol. The molecular weight excluding hydrogens is 302 g/mol. The number of nitrogens with zero attached hydrogens (tertiary/aromatic N) is 2. The first-order chi connectivity index (χ1) is 11.8. The summed E-state index contributed by atoms with van der Waals surface area (Å²) in [5.41, 5.74) is 2.24. The minimum Gasteiger partial charge on any atom is -0.480 e. The summed E-state index contributed by atoms with van der Waals surface area (Å²) in [6.45, 7) is 0. The Morgan fingerprint density at radius 3 is 1.92 bits per heavy atom. The minimum absolute atomic E-state index is 0.243. The predicted octanol–water partition coefficient (Wildman–Crippen LogP) is 3.00. The highest BCUT2D eigenvalue weighted by molar-refractivity contribution is 5.92. The fourth-order valence-corrected chi connectivity index (χ4v) is 2.41. The zero-order chi connectivity index (χ0) is 16.8. The molecule has 0 radical (unpaired) electrons. The molecule has 0 saturated heterocycles. The quantitative estimate of drug-likeness (QED) is 0.785. The van der Waals surface area contributed by atoms with Gasteiger partial charge in [0.05, 0.1) is 13.2 Å². The summed E-state index contributed by atoms with van der Waals surface area (Å²) in [5.74, 6) is 0.0806. The molecule has 5 heteroatoms. The Morgan fingerprint density at radius 1 is 0.875 bits per heavy atom. The molecule has 0 saturated carbocycles. The second-order valence-corrected chi connectivity index (χ2v) is 5.19. The van der Waals surface area contributed by atoms with E-state index in [0.717, 1.165) is 11.1 Å². The zero-order valence-electron chi connectivity index (χ0n) is 13.2. The van der Waals surface area contributed by atoms with Crippen LogP contribution in [0.15, 0.2) is 72.8 Å². The van der Waals surface area contributed by atoms with Gasteiger partial charge in [0.1, 0.15) is 0 Å². The first kappa shape index (κ1) is 15.7. The summed E-state index contributed by atoms with van der Waals surface area (Å²) in [6.07, 6.45) is 0. The first-order valence-corrected chi connectivity index (χ1v) is 7.56. The molecule has 5 nitrogen and oxygen atoms in total. The van der Waals surface area contributed by atoms with E-state index in [1.807, 2.05) is 60.7 Å². The Labute approximate surface area is 140 Å². The molecular formula is C19H17N3O2. The van der Waals surface area contributed by atoms with E-state index in [1.54, 1.807) is 12.1 Å². The van der Waals surface area contributed by atoms with Crippen LogP contribution in [-0.2, 0) is 0 Å². The molecule has 1 N–H and O–H groups in total. The lowest BCUT2D eigenvalue weighted by Crippen LogP contribution is -2.30. The Hall–Kier alpha value is -3.21. The van der Waals surface area contributed by atoms with Gasteiger partial charge in [0.25, 0.3) is 5.91 Å². The van der Waals surface area contributed by atoms with Gasteiger partial charge in [0.15, 0.2) is 5.69 Å². The van der Waals surface area contributed by atoms with Crippen LogP contribution >= 0.6 is 0 Å². The summed E-state index contributed by atoms with van der Waals surface area (Å²) in [5, 5.41) is 10.8. The highest BCUT2D eigenvalue weighted by Crippen LogP contribution is 2.22. The van der Waals surface area contributed by atoms with E-state index in [4.69, 9.17) is 4.74 Å². The lowest BCUT2D eigenvalue weighted by molar-refractivity contribution is 0.0936. The third-order valence-electron chi connectivity index (χ3n) is 3.62. The average Bonchev–Trinajstić information content (AvgIpc) is 2.67. The number of carbonyl (C=O) groups excluding carboxylic acids is 1. The number of hydrogen-bond donors (Lipinski definition) is 1. The molecule has 120 valence electrons. The topological polar surface area (TPSA) is 64.1 Å². The summed E-state index contributed by atoms with van der Waals surface area (Å²) in [4.78, 5) is 12.5. The summed E-state index contributed by atoms with van der Waals surface area (Å²) in [6, 6.07) is 22.6. The Bertz CT molecular complexity index is 750. The van der Waals surface area contributed by atoms with Crippen molar-refractivity contribution in [1.82, 2.24) is 15.5 Å². The van der Waals surface area contributed by atoms with Crippen molar-refractivity contribution in [3.05, 3.63) is 89.6 Å². The van der Waals surface area contributed by atoms with Gasteiger partial charge in [0, 0.05) is 6.07 Å². The number of benzene rings is 2. The Balaban J connectivity index is 1.87. The molecule has 1 aromatic heterocycles. The van der Waals surface area contributed by atoms with Crippen LogP contribution in [0.1, 0.15) is 27.7 Å². The number of amides is 1. The molecule has 0 aliphatic heterocycles. The van der Waals surface area contributed by atoms with Crippen LogP contribution in [0.3, 0.4) is 0 Å². The molecule has 0 aliphatic carbocycles. The number of aromatic nitrogens is 2. The number of methoxy groups -OCH3 is 1. The minimum atomic E-state index is -0.289. The van der Waals surface area contributed by atoms with Crippen LogP contribution in [0.25, 0.3) is 0 Å². The standard InChI is InChI=1S/C19H17N3O2/c1-24-17-13-12-16(21-22-17)19(23)20-18(14-8-4-2-5-9-14)15-10-6-3-7-11-15/h2-13,18H,1H3,(H,20,23). The smallest absolute Gasteiger partial charge is 0.272 e. The molecule has 0 unspecified atom stereocenters. The third-order valence-corrected chi connectivity index (χ3v) is 3.62. The van der Waals surface area contributed by atoms with E-state index >= 15 is 0 Å². The second kappa shape index (κ2) is 7.37. The van der Waals surface area contributed by atoms with Gasteiger partial charge in [-0.2, -0.15) is 0 Å². The number of hydrogen-bond acceptors (Lipinski definition) is 4. The number of carbonyl (C=O) groups is 1. The maximum Gasteiger partial charge on any atom is 0.272 e. The lowest BCUT2D eigenvalue weighted by Gasteiger charge is -2.19.